The summed E-state index contributed by atoms with van der Waals surface area (Å²) in [5, 5.41) is 14.2. The SMILES string of the molecule is CO/N=C/c1cc(C(=O)[O-])cc(Cl)c1N. The monoisotopic (exact) mass is 227 g/mol. The van der Waals surface area contributed by atoms with Crippen LogP contribution in [0, 0.1) is 0 Å². The summed E-state index contributed by atoms with van der Waals surface area (Å²) in [6, 6.07) is 2.52. The topological polar surface area (TPSA) is 87.7 Å². The number of oxime groups is 1. The van der Waals surface area contributed by atoms with Gasteiger partial charge in [0.25, 0.3) is 0 Å². The van der Waals surface area contributed by atoms with Gasteiger partial charge in [0.2, 0.25) is 0 Å². The number of aromatic carboxylic acids is 1. The Labute approximate surface area is 91.1 Å². The molecule has 6 heteroatoms. The summed E-state index contributed by atoms with van der Waals surface area (Å²) in [5.41, 5.74) is 6.14. The van der Waals surface area contributed by atoms with Crippen LogP contribution in [0.3, 0.4) is 0 Å². The Kier molecular flexibility index (Phi) is 3.51. The van der Waals surface area contributed by atoms with Crippen LogP contribution in [0.25, 0.3) is 0 Å². The molecule has 0 unspecified atom stereocenters. The summed E-state index contributed by atoms with van der Waals surface area (Å²) < 4.78 is 0. The second-order valence-electron chi connectivity index (χ2n) is 2.67. The third-order valence-corrected chi connectivity index (χ3v) is 2.01. The number of nitrogens with two attached hydrogens (primary N) is 1. The molecule has 80 valence electrons. The zero-order valence-corrected chi connectivity index (χ0v) is 8.62. The summed E-state index contributed by atoms with van der Waals surface area (Å²) in [5.74, 6) is -1.33. The lowest BCUT2D eigenvalue weighted by molar-refractivity contribution is -0.255. The predicted octanol–water partition coefficient (Wildman–Crippen LogP) is 0.266. The summed E-state index contributed by atoms with van der Waals surface area (Å²) in [4.78, 5) is 15.1. The van der Waals surface area contributed by atoms with Crippen molar-refractivity contribution in [2.24, 2.45) is 5.16 Å². The van der Waals surface area contributed by atoms with Crippen LogP contribution in [0.1, 0.15) is 15.9 Å². The van der Waals surface area contributed by atoms with Crippen molar-refractivity contribution in [2.45, 2.75) is 0 Å². The summed E-state index contributed by atoms with van der Waals surface area (Å²) in [6.07, 6.45) is 1.27. The fourth-order valence-corrected chi connectivity index (χ4v) is 1.20. The van der Waals surface area contributed by atoms with Gasteiger partial charge in [-0.25, -0.2) is 0 Å². The van der Waals surface area contributed by atoms with Gasteiger partial charge in [0.05, 0.1) is 22.9 Å². The van der Waals surface area contributed by atoms with Crippen molar-refractivity contribution in [3.63, 3.8) is 0 Å². The molecule has 0 fully saturated rings. The molecule has 0 aliphatic rings. The van der Waals surface area contributed by atoms with E-state index in [-0.39, 0.29) is 16.3 Å². The van der Waals surface area contributed by atoms with Gasteiger partial charge >= 0.3 is 0 Å². The van der Waals surface area contributed by atoms with Crippen LogP contribution in [-0.4, -0.2) is 19.3 Å². The van der Waals surface area contributed by atoms with E-state index < -0.39 is 5.97 Å². The minimum absolute atomic E-state index is 0.0632. The molecule has 0 heterocycles. The van der Waals surface area contributed by atoms with E-state index in [9.17, 15) is 9.90 Å². The van der Waals surface area contributed by atoms with Crippen LogP contribution in [0.5, 0.6) is 0 Å². The Morgan fingerprint density at radius 3 is 2.87 bits per heavy atom. The average molecular weight is 228 g/mol. The number of carbonyl (C=O) groups excluding carboxylic acids is 1. The lowest BCUT2D eigenvalue weighted by atomic mass is 10.1. The molecule has 0 spiro atoms. The second kappa shape index (κ2) is 4.65. The maximum Gasteiger partial charge on any atom is 0.106 e. The van der Waals surface area contributed by atoms with E-state index >= 15 is 0 Å². The van der Waals surface area contributed by atoms with E-state index in [1.807, 2.05) is 0 Å². The number of carbonyl (C=O) groups is 1. The molecule has 0 bridgehead atoms. The highest BCUT2D eigenvalue weighted by Crippen LogP contribution is 2.23. The molecule has 0 atom stereocenters. The number of nitrogens with zero attached hydrogens (tertiary/aromatic N) is 1. The van der Waals surface area contributed by atoms with Crippen LogP contribution in [-0.2, 0) is 4.84 Å². The van der Waals surface area contributed by atoms with Gasteiger partial charge in [0.1, 0.15) is 7.11 Å². The number of hydrogen-bond acceptors (Lipinski definition) is 5. The molecule has 0 aromatic heterocycles. The van der Waals surface area contributed by atoms with Crippen molar-refractivity contribution >= 4 is 29.5 Å². The Morgan fingerprint density at radius 1 is 1.67 bits per heavy atom. The zero-order valence-electron chi connectivity index (χ0n) is 7.86. The third-order valence-electron chi connectivity index (χ3n) is 1.69. The van der Waals surface area contributed by atoms with Gasteiger partial charge in [-0.2, -0.15) is 0 Å². The first-order chi connectivity index (χ1) is 7.06. The molecule has 0 aliphatic heterocycles. The summed E-state index contributed by atoms with van der Waals surface area (Å²) in [7, 11) is 1.36. The summed E-state index contributed by atoms with van der Waals surface area (Å²) in [6.45, 7) is 0. The molecule has 15 heavy (non-hydrogen) atoms. The lowest BCUT2D eigenvalue weighted by Gasteiger charge is -2.07. The summed E-state index contributed by atoms with van der Waals surface area (Å²) >= 11 is 5.72. The molecule has 1 rings (SSSR count). The van der Waals surface area contributed by atoms with Crippen LogP contribution in [0.15, 0.2) is 17.3 Å². The molecule has 1 aromatic carbocycles. The second-order valence-corrected chi connectivity index (χ2v) is 3.07. The van der Waals surface area contributed by atoms with Crippen molar-refractivity contribution in [1.82, 2.24) is 0 Å². The minimum Gasteiger partial charge on any atom is -0.545 e. The Hall–Kier alpha value is -1.75. The Morgan fingerprint density at radius 2 is 2.33 bits per heavy atom. The average Bonchev–Trinajstić information content (AvgIpc) is 2.19. The van der Waals surface area contributed by atoms with Gasteiger partial charge in [0, 0.05) is 5.56 Å². The molecular weight excluding hydrogens is 220 g/mol. The molecular formula is C9H8ClN2O3-. The van der Waals surface area contributed by atoms with Crippen molar-refractivity contribution in [1.29, 1.82) is 0 Å². The lowest BCUT2D eigenvalue weighted by Crippen LogP contribution is -2.22. The van der Waals surface area contributed by atoms with Gasteiger partial charge < -0.3 is 20.5 Å². The first-order valence-electron chi connectivity index (χ1n) is 3.93. The van der Waals surface area contributed by atoms with E-state index in [1.165, 1.54) is 25.5 Å². The van der Waals surface area contributed by atoms with Crippen LogP contribution in [0.2, 0.25) is 5.02 Å². The molecule has 5 nitrogen and oxygen atoms in total. The van der Waals surface area contributed by atoms with Crippen LogP contribution < -0.4 is 10.8 Å². The zero-order chi connectivity index (χ0) is 11.4. The van der Waals surface area contributed by atoms with Gasteiger partial charge in [0.15, 0.2) is 0 Å². The standard InChI is InChI=1S/C9H9ClN2O3/c1-15-12-4-6-2-5(9(13)14)3-7(10)8(6)11/h2-4H,11H2,1H3,(H,13,14)/p-1/b12-4+. The van der Waals surface area contributed by atoms with Crippen molar-refractivity contribution in [3.05, 3.63) is 28.3 Å². The smallest absolute Gasteiger partial charge is 0.106 e. The molecule has 0 saturated heterocycles. The fourth-order valence-electron chi connectivity index (χ4n) is 0.973. The number of carboxylic acid groups (broad SMARTS) is 1. The molecule has 0 aliphatic carbocycles. The number of halogens is 1. The largest absolute Gasteiger partial charge is 0.545 e. The highest BCUT2D eigenvalue weighted by atomic mass is 35.5. The fraction of sp³-hybridized carbons (Fsp3) is 0.111. The number of anilines is 1. The van der Waals surface area contributed by atoms with E-state index in [0.29, 0.717) is 5.56 Å². The van der Waals surface area contributed by atoms with Gasteiger partial charge in [-0.15, -0.1) is 0 Å². The molecule has 2 N–H and O–H groups in total. The molecule has 1 aromatic rings. The van der Waals surface area contributed by atoms with E-state index in [0.717, 1.165) is 0 Å². The van der Waals surface area contributed by atoms with Gasteiger partial charge in [-0.3, -0.25) is 0 Å². The third kappa shape index (κ3) is 2.60. The molecule has 0 amide bonds. The number of hydrogen-bond donors (Lipinski definition) is 1. The highest BCUT2D eigenvalue weighted by Gasteiger charge is 2.05. The number of rotatable bonds is 3. The number of carboxylic acids is 1. The van der Waals surface area contributed by atoms with Crippen LogP contribution in [0.4, 0.5) is 5.69 Å². The molecule has 0 radical (unpaired) electrons. The minimum atomic E-state index is -1.33. The van der Waals surface area contributed by atoms with E-state index in [2.05, 4.69) is 9.99 Å². The van der Waals surface area contributed by atoms with Gasteiger partial charge in [-0.05, 0) is 17.7 Å². The van der Waals surface area contributed by atoms with E-state index in [4.69, 9.17) is 17.3 Å². The quantitative estimate of drug-likeness (QED) is 0.456. The van der Waals surface area contributed by atoms with Crippen LogP contribution >= 0.6 is 11.6 Å². The number of benzene rings is 1. The number of nitrogen functional groups attached to an aromatic ring is 1. The first kappa shape index (κ1) is 11.3. The Balaban J connectivity index is 3.24. The van der Waals surface area contributed by atoms with E-state index in [1.54, 1.807) is 0 Å². The maximum absolute atomic E-state index is 10.6. The first-order valence-corrected chi connectivity index (χ1v) is 4.31. The van der Waals surface area contributed by atoms with Crippen molar-refractivity contribution < 1.29 is 14.7 Å². The highest BCUT2D eigenvalue weighted by molar-refractivity contribution is 6.34. The van der Waals surface area contributed by atoms with Crippen molar-refractivity contribution in [2.75, 3.05) is 12.8 Å². The Bertz CT molecular complexity index is 418. The maximum atomic E-state index is 10.6. The molecule has 0 saturated carbocycles. The predicted molar refractivity (Wildman–Crippen MR) is 54.8 cm³/mol. The van der Waals surface area contributed by atoms with Crippen molar-refractivity contribution in [3.8, 4) is 0 Å². The normalized spacial score (nSPS) is 10.5. The van der Waals surface area contributed by atoms with Gasteiger partial charge in [-0.1, -0.05) is 16.8 Å².